The highest BCUT2D eigenvalue weighted by Crippen LogP contribution is 2.50. The lowest BCUT2D eigenvalue weighted by molar-refractivity contribution is 0.182. The van der Waals surface area contributed by atoms with E-state index in [9.17, 15) is 13.0 Å². The van der Waals surface area contributed by atoms with E-state index < -0.39 is 14.0 Å². The van der Waals surface area contributed by atoms with Gasteiger partial charge in [-0.25, -0.2) is 4.57 Å². The zero-order valence-corrected chi connectivity index (χ0v) is 7.68. The molecule has 0 saturated heterocycles. The molecule has 72 valence electrons. The molecule has 0 aliphatic carbocycles. The molecule has 0 radical (unpaired) electrons. The van der Waals surface area contributed by atoms with Crippen LogP contribution in [-0.2, 0) is 14.0 Å². The maximum Gasteiger partial charge on any atom is 0.535 e. The van der Waals surface area contributed by atoms with Crippen LogP contribution in [0.2, 0.25) is 0 Å². The van der Waals surface area contributed by atoms with E-state index in [0.29, 0.717) is 0 Å². The molecule has 0 spiro atoms. The summed E-state index contributed by atoms with van der Waals surface area (Å²) >= 11 is 0. The van der Waals surface area contributed by atoms with E-state index >= 15 is 0 Å². The first-order valence-electron chi connectivity index (χ1n) is 3.34. The molecule has 0 saturated carbocycles. The molecule has 0 amide bonds. The summed E-state index contributed by atoms with van der Waals surface area (Å²) in [6, 6.07) is 0. The maximum absolute atomic E-state index is 11.8. The smallest absolute Gasteiger partial charge is 0.451 e. The first-order valence-corrected chi connectivity index (χ1v) is 4.79. The molecule has 0 aromatic carbocycles. The lowest BCUT2D eigenvalue weighted by atomic mass is 10.8. The zero-order valence-electron chi connectivity index (χ0n) is 6.79. The standard InChI is InChI=1S/C5H10F2NO3P/c1-3-10-5(11-4-2)8-12(6,7)9/h3-4H2,1-2H3. The normalized spacial score (nSPS) is 10.7. The van der Waals surface area contributed by atoms with Crippen LogP contribution in [0.4, 0.5) is 8.39 Å². The van der Waals surface area contributed by atoms with Crippen molar-refractivity contribution >= 4 is 14.0 Å². The maximum atomic E-state index is 11.8. The Morgan fingerprint density at radius 1 is 1.33 bits per heavy atom. The number of nitrogens with zero attached hydrogens (tertiary/aromatic N) is 1. The first kappa shape index (κ1) is 11.4. The number of hydrogen-bond acceptors (Lipinski definition) is 3. The van der Waals surface area contributed by atoms with Gasteiger partial charge in [-0.1, -0.05) is 4.76 Å². The average Bonchev–Trinajstić information content (AvgIpc) is 1.84. The van der Waals surface area contributed by atoms with Crippen molar-refractivity contribution in [3.8, 4) is 0 Å². The molecule has 0 heterocycles. The third kappa shape index (κ3) is 6.09. The zero-order chi connectivity index (χ0) is 9.61. The fraction of sp³-hybridized carbons (Fsp3) is 0.800. The lowest BCUT2D eigenvalue weighted by Gasteiger charge is -2.05. The molecular weight excluding hydrogens is 191 g/mol. The van der Waals surface area contributed by atoms with Crippen LogP contribution in [-0.4, -0.2) is 19.3 Å². The second-order valence-electron chi connectivity index (χ2n) is 1.67. The topological polar surface area (TPSA) is 47.9 Å². The fourth-order valence-corrected chi connectivity index (χ4v) is 0.747. The van der Waals surface area contributed by atoms with Crippen LogP contribution in [0.15, 0.2) is 4.76 Å². The molecule has 0 N–H and O–H groups in total. The molecule has 0 rings (SSSR count). The minimum atomic E-state index is -5.44. The van der Waals surface area contributed by atoms with Crippen molar-refractivity contribution in [2.45, 2.75) is 13.8 Å². The van der Waals surface area contributed by atoms with E-state index in [2.05, 4.69) is 14.2 Å². The van der Waals surface area contributed by atoms with Gasteiger partial charge in [0.05, 0.1) is 13.2 Å². The van der Waals surface area contributed by atoms with Gasteiger partial charge in [-0.05, 0) is 13.8 Å². The van der Waals surface area contributed by atoms with Crippen molar-refractivity contribution in [2.24, 2.45) is 4.76 Å². The van der Waals surface area contributed by atoms with E-state index in [4.69, 9.17) is 0 Å². The third-order valence-electron chi connectivity index (χ3n) is 0.734. The molecule has 0 unspecified atom stereocenters. The summed E-state index contributed by atoms with van der Waals surface area (Å²) in [6.07, 6.45) is -0.617. The average molecular weight is 201 g/mol. The summed E-state index contributed by atoms with van der Waals surface area (Å²) in [5.74, 6) is 0. The Kier molecular flexibility index (Phi) is 4.81. The van der Waals surface area contributed by atoms with Gasteiger partial charge in [-0.15, -0.1) is 8.39 Å². The highest BCUT2D eigenvalue weighted by atomic mass is 31.2. The number of hydrogen-bond donors (Lipinski definition) is 0. The predicted molar refractivity (Wildman–Crippen MR) is 40.5 cm³/mol. The Bertz CT molecular complexity index is 195. The van der Waals surface area contributed by atoms with Crippen LogP contribution in [0, 0.1) is 0 Å². The van der Waals surface area contributed by atoms with Gasteiger partial charge < -0.3 is 9.47 Å². The largest absolute Gasteiger partial charge is 0.535 e. The van der Waals surface area contributed by atoms with Crippen LogP contribution in [0.1, 0.15) is 13.8 Å². The van der Waals surface area contributed by atoms with Gasteiger partial charge in [0.25, 0.3) is 0 Å². The van der Waals surface area contributed by atoms with Gasteiger partial charge in [0.2, 0.25) is 0 Å². The van der Waals surface area contributed by atoms with Crippen LogP contribution in [0.25, 0.3) is 0 Å². The van der Waals surface area contributed by atoms with E-state index in [-0.39, 0.29) is 13.2 Å². The monoisotopic (exact) mass is 201 g/mol. The highest BCUT2D eigenvalue weighted by Gasteiger charge is 2.20. The van der Waals surface area contributed by atoms with Gasteiger partial charge in [-0.2, -0.15) is 0 Å². The molecule has 0 aromatic heterocycles. The fourth-order valence-electron chi connectivity index (χ4n) is 0.441. The quantitative estimate of drug-likeness (QED) is 0.400. The molecule has 0 aromatic rings. The second kappa shape index (κ2) is 5.09. The van der Waals surface area contributed by atoms with E-state index in [0.717, 1.165) is 0 Å². The number of ether oxygens (including phenoxy) is 2. The van der Waals surface area contributed by atoms with Gasteiger partial charge in [0, 0.05) is 0 Å². The first-order chi connectivity index (χ1) is 5.49. The van der Waals surface area contributed by atoms with Crippen molar-refractivity contribution in [3.63, 3.8) is 0 Å². The minimum absolute atomic E-state index is 0.138. The van der Waals surface area contributed by atoms with Gasteiger partial charge in [-0.3, -0.25) is 0 Å². The van der Waals surface area contributed by atoms with Gasteiger partial charge in [0.15, 0.2) is 0 Å². The number of rotatable bonds is 3. The molecule has 0 fully saturated rings. The summed E-state index contributed by atoms with van der Waals surface area (Å²) in [7, 11) is -5.44. The molecule has 4 nitrogen and oxygen atoms in total. The summed E-state index contributed by atoms with van der Waals surface area (Å²) in [4.78, 5) is 0. The van der Waals surface area contributed by atoms with Crippen molar-refractivity contribution in [2.75, 3.05) is 13.2 Å². The Balaban J connectivity index is 4.27. The van der Waals surface area contributed by atoms with Crippen molar-refractivity contribution in [1.82, 2.24) is 0 Å². The van der Waals surface area contributed by atoms with Crippen LogP contribution < -0.4 is 0 Å². The van der Waals surface area contributed by atoms with Crippen molar-refractivity contribution in [1.29, 1.82) is 0 Å². The second-order valence-corrected chi connectivity index (χ2v) is 2.74. The molecule has 7 heteroatoms. The van der Waals surface area contributed by atoms with E-state index in [1.54, 1.807) is 13.8 Å². The van der Waals surface area contributed by atoms with E-state index in [1.807, 2.05) is 0 Å². The Hall–Kier alpha value is -0.640. The van der Waals surface area contributed by atoms with Gasteiger partial charge >= 0.3 is 14.0 Å². The third-order valence-corrected chi connectivity index (χ3v) is 1.13. The molecular formula is C5H10F2NO3P. The SMILES string of the molecule is CCOC(=NP(=O)(F)F)OCC. The molecule has 0 aliphatic heterocycles. The molecule has 0 bridgehead atoms. The van der Waals surface area contributed by atoms with Crippen LogP contribution >= 0.6 is 7.91 Å². The Morgan fingerprint density at radius 2 is 1.75 bits per heavy atom. The van der Waals surface area contributed by atoms with Crippen molar-refractivity contribution < 1.29 is 22.4 Å². The van der Waals surface area contributed by atoms with Gasteiger partial charge in [0.1, 0.15) is 0 Å². The van der Waals surface area contributed by atoms with Crippen molar-refractivity contribution in [3.05, 3.63) is 0 Å². The van der Waals surface area contributed by atoms with Crippen LogP contribution in [0.3, 0.4) is 0 Å². The number of halogens is 2. The Labute approximate surface area is 69.2 Å². The Morgan fingerprint density at radius 3 is 2.00 bits per heavy atom. The minimum Gasteiger partial charge on any atom is -0.451 e. The highest BCUT2D eigenvalue weighted by molar-refractivity contribution is 7.51. The summed E-state index contributed by atoms with van der Waals surface area (Å²) in [6.45, 7) is 3.43. The summed E-state index contributed by atoms with van der Waals surface area (Å²) < 4.78 is 45.1. The summed E-state index contributed by atoms with van der Waals surface area (Å²) in [5.41, 5.74) is 0. The van der Waals surface area contributed by atoms with E-state index in [1.165, 1.54) is 0 Å². The molecule has 0 atom stereocenters. The molecule has 0 aliphatic rings. The lowest BCUT2D eigenvalue weighted by Crippen LogP contribution is -2.08. The van der Waals surface area contributed by atoms with Crippen LogP contribution in [0.5, 0.6) is 0 Å². The summed E-state index contributed by atoms with van der Waals surface area (Å²) in [5, 5.41) is 0. The molecule has 12 heavy (non-hydrogen) atoms. The predicted octanol–water partition coefficient (Wildman–Crippen LogP) is 2.46.